The largest absolute Gasteiger partial charge is 0.493 e. The van der Waals surface area contributed by atoms with Crippen LogP contribution in [0, 0.1) is 5.82 Å². The molecule has 1 unspecified atom stereocenters. The lowest BCUT2D eigenvalue weighted by Crippen LogP contribution is -2.27. The third-order valence-corrected chi connectivity index (χ3v) is 6.01. The third kappa shape index (κ3) is 4.51. The van der Waals surface area contributed by atoms with Crippen LogP contribution >= 0.6 is 0 Å². The van der Waals surface area contributed by atoms with Gasteiger partial charge in [-0.2, -0.15) is 5.10 Å². The van der Waals surface area contributed by atoms with Crippen molar-refractivity contribution >= 4 is 11.6 Å². The first-order valence-electron chi connectivity index (χ1n) is 11.1. The fraction of sp³-hybridized carbons (Fsp3) is 0.259. The number of hydrogen-bond donors (Lipinski definition) is 0. The summed E-state index contributed by atoms with van der Waals surface area (Å²) in [6, 6.07) is 14.2. The van der Waals surface area contributed by atoms with Gasteiger partial charge in [-0.25, -0.2) is 9.40 Å². The van der Waals surface area contributed by atoms with Gasteiger partial charge < -0.3 is 23.7 Å². The van der Waals surface area contributed by atoms with Crippen LogP contribution in [0.1, 0.15) is 33.9 Å². The molecule has 0 bridgehead atoms. The van der Waals surface area contributed by atoms with E-state index in [1.807, 2.05) is 6.07 Å². The minimum atomic E-state index is -0.666. The van der Waals surface area contributed by atoms with E-state index in [-0.39, 0.29) is 5.56 Å². The van der Waals surface area contributed by atoms with Crippen molar-refractivity contribution < 1.29 is 32.9 Å². The number of ether oxygens (including phenoxy) is 5. The van der Waals surface area contributed by atoms with Gasteiger partial charge >= 0.3 is 0 Å². The molecule has 0 aliphatic carbocycles. The number of carbonyl (C=O) groups excluding carboxylic acids is 1. The van der Waals surface area contributed by atoms with E-state index in [9.17, 15) is 9.18 Å². The zero-order valence-corrected chi connectivity index (χ0v) is 20.7. The number of benzene rings is 3. The Bertz CT molecular complexity index is 1280. The Labute approximate surface area is 208 Å². The van der Waals surface area contributed by atoms with Crippen LogP contribution in [-0.4, -0.2) is 52.2 Å². The Morgan fingerprint density at radius 3 is 2.06 bits per heavy atom. The van der Waals surface area contributed by atoms with E-state index >= 15 is 0 Å². The first-order chi connectivity index (χ1) is 17.4. The fourth-order valence-corrected chi connectivity index (χ4v) is 4.21. The quantitative estimate of drug-likeness (QED) is 0.445. The van der Waals surface area contributed by atoms with Crippen molar-refractivity contribution in [3.05, 3.63) is 77.1 Å². The van der Waals surface area contributed by atoms with Crippen molar-refractivity contribution in [3.8, 4) is 28.7 Å². The smallest absolute Gasteiger partial charge is 0.274 e. The normalized spacial score (nSPS) is 14.8. The summed E-state index contributed by atoms with van der Waals surface area (Å²) in [5.74, 6) is 1.23. The minimum Gasteiger partial charge on any atom is -0.493 e. The molecule has 1 aliphatic heterocycles. The Morgan fingerprint density at radius 2 is 1.47 bits per heavy atom. The van der Waals surface area contributed by atoms with Crippen molar-refractivity contribution in [3.63, 3.8) is 0 Å². The molecular weight excluding hydrogens is 467 g/mol. The van der Waals surface area contributed by atoms with E-state index in [2.05, 4.69) is 5.10 Å². The number of amides is 1. The molecule has 1 atom stereocenters. The predicted molar refractivity (Wildman–Crippen MR) is 132 cm³/mol. The molecule has 0 saturated carbocycles. The van der Waals surface area contributed by atoms with Crippen molar-refractivity contribution in [1.29, 1.82) is 0 Å². The summed E-state index contributed by atoms with van der Waals surface area (Å²) in [6.07, 6.45) is 0.298. The summed E-state index contributed by atoms with van der Waals surface area (Å²) in [6.45, 7) is 0. The number of halogens is 1. The zero-order chi connectivity index (χ0) is 25.8. The van der Waals surface area contributed by atoms with E-state index in [0.717, 1.165) is 5.56 Å². The van der Waals surface area contributed by atoms with Gasteiger partial charge in [-0.3, -0.25) is 4.79 Å². The van der Waals surface area contributed by atoms with Crippen LogP contribution in [0.3, 0.4) is 0 Å². The van der Waals surface area contributed by atoms with Gasteiger partial charge in [0.2, 0.25) is 5.75 Å². The van der Waals surface area contributed by atoms with Gasteiger partial charge in [-0.05, 0) is 36.4 Å². The molecule has 0 N–H and O–H groups in total. The highest BCUT2D eigenvalue weighted by atomic mass is 19.1. The fourth-order valence-electron chi connectivity index (χ4n) is 4.21. The average molecular weight is 495 g/mol. The minimum absolute atomic E-state index is 0.253. The van der Waals surface area contributed by atoms with Crippen LogP contribution < -0.4 is 23.7 Å². The molecule has 1 amide bonds. The average Bonchev–Trinajstić information content (AvgIpc) is 3.36. The Kier molecular flexibility index (Phi) is 7.28. The second-order valence-electron chi connectivity index (χ2n) is 7.92. The standard InChI is InChI=1S/C27H27FN2O6/c1-32-22-11-10-16(12-23(22)33-2)20-15-21(18-8-6-7-9-19(18)28)30(29-20)27(31)17-13-24(34-3)26(36-5)25(14-17)35-4/h6-14,21H,15H2,1-5H3. The summed E-state index contributed by atoms with van der Waals surface area (Å²) >= 11 is 0. The highest BCUT2D eigenvalue weighted by molar-refractivity contribution is 6.05. The lowest BCUT2D eigenvalue weighted by molar-refractivity contribution is 0.0708. The molecule has 0 aromatic heterocycles. The first kappa shape index (κ1) is 24.8. The Hall–Kier alpha value is -4.27. The van der Waals surface area contributed by atoms with Crippen LogP contribution in [0.25, 0.3) is 0 Å². The molecule has 3 aromatic rings. The molecule has 1 aliphatic rings. The molecule has 0 fully saturated rings. The predicted octanol–water partition coefficient (Wildman–Crippen LogP) is 4.86. The lowest BCUT2D eigenvalue weighted by atomic mass is 9.97. The molecule has 36 heavy (non-hydrogen) atoms. The Balaban J connectivity index is 1.81. The van der Waals surface area contributed by atoms with Crippen LogP contribution in [0.2, 0.25) is 0 Å². The zero-order valence-electron chi connectivity index (χ0n) is 20.7. The topological polar surface area (TPSA) is 78.8 Å². The molecule has 0 spiro atoms. The van der Waals surface area contributed by atoms with Crippen molar-refractivity contribution in [1.82, 2.24) is 5.01 Å². The van der Waals surface area contributed by atoms with Gasteiger partial charge in [0, 0.05) is 23.1 Å². The molecule has 188 valence electrons. The number of nitrogens with zero attached hydrogens (tertiary/aromatic N) is 2. The molecule has 0 radical (unpaired) electrons. The van der Waals surface area contributed by atoms with E-state index in [0.29, 0.717) is 46.4 Å². The van der Waals surface area contributed by atoms with Crippen molar-refractivity contribution in [2.75, 3.05) is 35.5 Å². The monoisotopic (exact) mass is 494 g/mol. The van der Waals surface area contributed by atoms with Crippen molar-refractivity contribution in [2.24, 2.45) is 5.10 Å². The highest BCUT2D eigenvalue weighted by Gasteiger charge is 2.36. The Morgan fingerprint density at radius 1 is 0.833 bits per heavy atom. The van der Waals surface area contributed by atoms with Crippen LogP contribution in [0.4, 0.5) is 4.39 Å². The molecule has 0 saturated heterocycles. The summed E-state index contributed by atoms with van der Waals surface area (Å²) < 4.78 is 41.8. The number of methoxy groups -OCH3 is 5. The maximum atomic E-state index is 14.9. The van der Waals surface area contributed by atoms with Gasteiger partial charge in [-0.15, -0.1) is 0 Å². The van der Waals surface area contributed by atoms with E-state index in [1.54, 1.807) is 56.7 Å². The highest BCUT2D eigenvalue weighted by Crippen LogP contribution is 2.41. The molecule has 8 nitrogen and oxygen atoms in total. The maximum absolute atomic E-state index is 14.9. The van der Waals surface area contributed by atoms with E-state index in [4.69, 9.17) is 23.7 Å². The maximum Gasteiger partial charge on any atom is 0.274 e. The number of hydrazone groups is 1. The van der Waals surface area contributed by atoms with Gasteiger partial charge in [0.25, 0.3) is 5.91 Å². The number of carbonyl (C=O) groups is 1. The number of hydrogen-bond acceptors (Lipinski definition) is 7. The summed E-state index contributed by atoms with van der Waals surface area (Å²) in [5.41, 5.74) is 1.94. The van der Waals surface area contributed by atoms with E-state index in [1.165, 1.54) is 32.4 Å². The third-order valence-electron chi connectivity index (χ3n) is 6.01. The number of rotatable bonds is 8. The van der Waals surface area contributed by atoms with Gasteiger partial charge in [0.1, 0.15) is 5.82 Å². The first-order valence-corrected chi connectivity index (χ1v) is 11.1. The van der Waals surface area contributed by atoms with Crippen LogP contribution in [-0.2, 0) is 0 Å². The van der Waals surface area contributed by atoms with E-state index < -0.39 is 17.8 Å². The second-order valence-corrected chi connectivity index (χ2v) is 7.92. The molecule has 4 rings (SSSR count). The van der Waals surface area contributed by atoms with Crippen molar-refractivity contribution in [2.45, 2.75) is 12.5 Å². The van der Waals surface area contributed by atoms with Gasteiger partial charge in [0.15, 0.2) is 23.0 Å². The summed E-state index contributed by atoms with van der Waals surface area (Å²) in [5, 5.41) is 5.94. The summed E-state index contributed by atoms with van der Waals surface area (Å²) in [4.78, 5) is 13.8. The van der Waals surface area contributed by atoms with Crippen LogP contribution in [0.5, 0.6) is 28.7 Å². The van der Waals surface area contributed by atoms with Crippen LogP contribution in [0.15, 0.2) is 59.7 Å². The van der Waals surface area contributed by atoms with Gasteiger partial charge in [-0.1, -0.05) is 18.2 Å². The molecule has 3 aromatic carbocycles. The van der Waals surface area contributed by atoms with Gasteiger partial charge in [0.05, 0.1) is 47.3 Å². The SMILES string of the molecule is COc1ccc(C2=NN(C(=O)c3cc(OC)c(OC)c(OC)c3)C(c3ccccc3F)C2)cc1OC. The molecule has 9 heteroatoms. The molecular formula is C27H27FN2O6. The summed E-state index contributed by atoms with van der Waals surface area (Å²) in [7, 11) is 7.52. The second kappa shape index (κ2) is 10.6. The lowest BCUT2D eigenvalue weighted by Gasteiger charge is -2.23. The molecule has 1 heterocycles.